The van der Waals surface area contributed by atoms with Crippen LogP contribution in [-0.4, -0.2) is 39.5 Å². The van der Waals surface area contributed by atoms with Gasteiger partial charge in [-0.25, -0.2) is 17.5 Å². The summed E-state index contributed by atoms with van der Waals surface area (Å²) in [6, 6.07) is 2.56. The monoisotopic (exact) mass is 317 g/mol. The minimum Gasteiger partial charge on any atom is -0.399 e. The molecule has 1 rings (SSSR count). The van der Waals surface area contributed by atoms with Crippen molar-refractivity contribution in [1.29, 1.82) is 0 Å². The van der Waals surface area contributed by atoms with Gasteiger partial charge in [-0.3, -0.25) is 0 Å². The van der Waals surface area contributed by atoms with Crippen LogP contribution in [0.1, 0.15) is 25.8 Å². The lowest BCUT2D eigenvalue weighted by atomic mass is 10.2. The molecule has 0 saturated heterocycles. The minimum absolute atomic E-state index is 0.221. The van der Waals surface area contributed by atoms with E-state index >= 15 is 0 Å². The van der Waals surface area contributed by atoms with Gasteiger partial charge in [0.1, 0.15) is 10.7 Å². The van der Waals surface area contributed by atoms with Gasteiger partial charge in [0.25, 0.3) is 0 Å². The number of benzene rings is 1. The number of rotatable bonds is 8. The second-order valence-electron chi connectivity index (χ2n) is 4.93. The number of hydrogen-bond acceptors (Lipinski definition) is 4. The number of aryl methyl sites for hydroxylation is 1. The Hall–Kier alpha value is -1.18. The van der Waals surface area contributed by atoms with E-state index in [4.69, 9.17) is 5.73 Å². The van der Waals surface area contributed by atoms with E-state index in [2.05, 4.69) is 23.5 Å². The number of hydrogen-bond donors (Lipinski definition) is 2. The van der Waals surface area contributed by atoms with Crippen LogP contribution >= 0.6 is 0 Å². The van der Waals surface area contributed by atoms with Gasteiger partial charge >= 0.3 is 0 Å². The lowest BCUT2D eigenvalue weighted by molar-refractivity contribution is 0.300. The highest BCUT2D eigenvalue weighted by molar-refractivity contribution is 7.89. The summed E-state index contributed by atoms with van der Waals surface area (Å²) in [5.41, 5.74) is 6.04. The number of nitrogens with two attached hydrogens (primary N) is 1. The highest BCUT2D eigenvalue weighted by atomic mass is 32.2. The van der Waals surface area contributed by atoms with Gasteiger partial charge in [0.05, 0.1) is 0 Å². The fraction of sp³-hybridized carbons (Fsp3) is 0.571. The molecule has 0 unspecified atom stereocenters. The molecular formula is C14H24FN3O2S. The van der Waals surface area contributed by atoms with Crippen molar-refractivity contribution in [1.82, 2.24) is 9.62 Å². The summed E-state index contributed by atoms with van der Waals surface area (Å²) in [7, 11) is -3.87. The first-order chi connectivity index (χ1) is 9.81. The molecule has 21 heavy (non-hydrogen) atoms. The van der Waals surface area contributed by atoms with Crippen molar-refractivity contribution >= 4 is 15.7 Å². The zero-order valence-corrected chi connectivity index (χ0v) is 13.6. The second kappa shape index (κ2) is 7.72. The molecule has 0 aliphatic rings. The molecule has 0 aromatic heterocycles. The van der Waals surface area contributed by atoms with Gasteiger partial charge in [-0.05, 0) is 50.7 Å². The molecule has 0 spiro atoms. The Bertz CT molecular complexity index is 572. The first-order valence-electron chi connectivity index (χ1n) is 7.09. The maximum Gasteiger partial charge on any atom is 0.243 e. The van der Waals surface area contributed by atoms with Gasteiger partial charge in [0.2, 0.25) is 10.0 Å². The molecule has 1 aromatic rings. The molecule has 3 N–H and O–H groups in total. The SMILES string of the molecule is CCN(CC)CCCNS(=O)(=O)c1cc(N)cc(C)c1F. The van der Waals surface area contributed by atoms with E-state index in [9.17, 15) is 12.8 Å². The van der Waals surface area contributed by atoms with E-state index in [0.717, 1.165) is 25.7 Å². The van der Waals surface area contributed by atoms with Crippen molar-refractivity contribution in [2.75, 3.05) is 31.9 Å². The maximum absolute atomic E-state index is 13.9. The number of nitrogens with one attached hydrogen (secondary N) is 1. The van der Waals surface area contributed by atoms with Gasteiger partial charge in [0.15, 0.2) is 0 Å². The van der Waals surface area contributed by atoms with E-state index in [1.165, 1.54) is 13.0 Å². The number of nitrogen functional groups attached to an aromatic ring is 1. The summed E-state index contributed by atoms with van der Waals surface area (Å²) in [6.45, 7) is 8.51. The third kappa shape index (κ3) is 4.94. The van der Waals surface area contributed by atoms with Crippen molar-refractivity contribution in [3.63, 3.8) is 0 Å². The molecule has 0 atom stereocenters. The smallest absolute Gasteiger partial charge is 0.243 e. The third-order valence-corrected chi connectivity index (χ3v) is 4.83. The Balaban J connectivity index is 2.71. The number of nitrogens with zero attached hydrogens (tertiary/aromatic N) is 1. The molecule has 0 saturated carbocycles. The van der Waals surface area contributed by atoms with Crippen molar-refractivity contribution in [2.45, 2.75) is 32.1 Å². The second-order valence-corrected chi connectivity index (χ2v) is 6.66. The topological polar surface area (TPSA) is 75.4 Å². The normalized spacial score (nSPS) is 12.0. The van der Waals surface area contributed by atoms with Gasteiger partial charge in [0, 0.05) is 12.2 Å². The zero-order chi connectivity index (χ0) is 16.0. The number of anilines is 1. The molecule has 1 aromatic carbocycles. The average Bonchev–Trinajstić information content (AvgIpc) is 2.43. The van der Waals surface area contributed by atoms with Crippen molar-refractivity contribution in [3.8, 4) is 0 Å². The highest BCUT2D eigenvalue weighted by Crippen LogP contribution is 2.21. The average molecular weight is 317 g/mol. The Morgan fingerprint density at radius 2 is 1.90 bits per heavy atom. The van der Waals surface area contributed by atoms with E-state index in [1.54, 1.807) is 0 Å². The zero-order valence-electron chi connectivity index (χ0n) is 12.8. The van der Waals surface area contributed by atoms with Gasteiger partial charge in [-0.2, -0.15) is 0 Å². The Kier molecular flexibility index (Phi) is 6.57. The quantitative estimate of drug-likeness (QED) is 0.565. The molecule has 5 nitrogen and oxygen atoms in total. The fourth-order valence-electron chi connectivity index (χ4n) is 2.09. The first kappa shape index (κ1) is 17.9. The van der Waals surface area contributed by atoms with Crippen LogP contribution in [0.5, 0.6) is 0 Å². The molecule has 7 heteroatoms. The van der Waals surface area contributed by atoms with Crippen molar-refractivity contribution < 1.29 is 12.8 Å². The van der Waals surface area contributed by atoms with Crippen LogP contribution < -0.4 is 10.5 Å². The summed E-state index contributed by atoms with van der Waals surface area (Å²) >= 11 is 0. The molecule has 0 fully saturated rings. The van der Waals surface area contributed by atoms with E-state index in [1.807, 2.05) is 0 Å². The van der Waals surface area contributed by atoms with Crippen molar-refractivity contribution in [3.05, 3.63) is 23.5 Å². The summed E-state index contributed by atoms with van der Waals surface area (Å²) in [4.78, 5) is 1.81. The first-order valence-corrected chi connectivity index (χ1v) is 8.57. The summed E-state index contributed by atoms with van der Waals surface area (Å²) in [5.74, 6) is -0.750. The predicted molar refractivity (Wildman–Crippen MR) is 83.1 cm³/mol. The summed E-state index contributed by atoms with van der Waals surface area (Å²) in [6.07, 6.45) is 0.670. The minimum atomic E-state index is -3.87. The standard InChI is InChI=1S/C14H24FN3O2S/c1-4-18(5-2)8-6-7-17-21(19,20)13-10-12(16)9-11(3)14(13)15/h9-10,17H,4-8,16H2,1-3H3. The molecule has 0 heterocycles. The maximum atomic E-state index is 13.9. The van der Waals surface area contributed by atoms with Crippen molar-refractivity contribution in [2.24, 2.45) is 0 Å². The van der Waals surface area contributed by atoms with E-state index < -0.39 is 15.8 Å². The Labute approximate surface area is 126 Å². The molecular weight excluding hydrogens is 293 g/mol. The van der Waals surface area contributed by atoms with Gasteiger partial charge in [-0.1, -0.05) is 13.8 Å². The third-order valence-electron chi connectivity index (χ3n) is 3.37. The fourth-order valence-corrected chi connectivity index (χ4v) is 3.34. The molecule has 0 amide bonds. The lowest BCUT2D eigenvalue weighted by Crippen LogP contribution is -2.30. The van der Waals surface area contributed by atoms with Crippen LogP contribution in [0.25, 0.3) is 0 Å². The van der Waals surface area contributed by atoms with Crippen LogP contribution in [0.2, 0.25) is 0 Å². The van der Waals surface area contributed by atoms with Crippen LogP contribution in [0, 0.1) is 12.7 Å². The summed E-state index contributed by atoms with van der Waals surface area (Å²) < 4.78 is 40.6. The largest absolute Gasteiger partial charge is 0.399 e. The number of halogens is 1. The van der Waals surface area contributed by atoms with Crippen LogP contribution in [-0.2, 0) is 10.0 Å². The Morgan fingerprint density at radius 3 is 2.48 bits per heavy atom. The highest BCUT2D eigenvalue weighted by Gasteiger charge is 2.20. The van der Waals surface area contributed by atoms with Crippen LogP contribution in [0.4, 0.5) is 10.1 Å². The van der Waals surface area contributed by atoms with Crippen LogP contribution in [0.15, 0.2) is 17.0 Å². The molecule has 0 bridgehead atoms. The molecule has 0 radical (unpaired) electrons. The van der Waals surface area contributed by atoms with E-state index in [-0.39, 0.29) is 22.7 Å². The number of sulfonamides is 1. The van der Waals surface area contributed by atoms with E-state index in [0.29, 0.717) is 6.42 Å². The van der Waals surface area contributed by atoms with Gasteiger partial charge < -0.3 is 10.6 Å². The lowest BCUT2D eigenvalue weighted by Gasteiger charge is -2.17. The Morgan fingerprint density at radius 1 is 1.29 bits per heavy atom. The molecule has 120 valence electrons. The van der Waals surface area contributed by atoms with Crippen LogP contribution in [0.3, 0.4) is 0 Å². The molecule has 0 aliphatic carbocycles. The van der Waals surface area contributed by atoms with Gasteiger partial charge in [-0.15, -0.1) is 0 Å². The summed E-state index contributed by atoms with van der Waals surface area (Å²) in [5, 5.41) is 0. The predicted octanol–water partition coefficient (Wildman–Crippen LogP) is 1.73. The molecule has 0 aliphatic heterocycles.